The summed E-state index contributed by atoms with van der Waals surface area (Å²) in [5.41, 5.74) is -0.190. The van der Waals surface area contributed by atoms with Crippen molar-refractivity contribution in [2.24, 2.45) is 0 Å². The van der Waals surface area contributed by atoms with Gasteiger partial charge in [-0.05, 0) is 42.2 Å². The molecule has 0 aliphatic rings. The molecule has 4 heteroatoms. The van der Waals surface area contributed by atoms with E-state index in [2.05, 4.69) is 12.6 Å². The zero-order valence-corrected chi connectivity index (χ0v) is 11.4. The molecule has 1 rings (SSSR count). The largest absolute Gasteiger partial charge is 0.478 e. The van der Waals surface area contributed by atoms with Crippen LogP contribution >= 0.6 is 12.6 Å². The predicted molar refractivity (Wildman–Crippen MR) is 73.7 cm³/mol. The molecule has 98 valence electrons. The lowest BCUT2D eigenvalue weighted by Crippen LogP contribution is -2.17. The van der Waals surface area contributed by atoms with Crippen molar-refractivity contribution in [1.82, 2.24) is 0 Å². The van der Waals surface area contributed by atoms with E-state index in [1.807, 2.05) is 0 Å². The molecule has 0 aliphatic heterocycles. The molecular formula is C14H17FO2S. The molecule has 0 spiro atoms. The normalized spacial score (nSPS) is 12.0. The van der Waals surface area contributed by atoms with Gasteiger partial charge in [-0.3, -0.25) is 0 Å². The van der Waals surface area contributed by atoms with Crippen molar-refractivity contribution in [1.29, 1.82) is 0 Å². The number of alkyl halides is 1. The van der Waals surface area contributed by atoms with Crippen molar-refractivity contribution in [3.05, 3.63) is 35.4 Å². The van der Waals surface area contributed by atoms with Crippen LogP contribution in [0.25, 0.3) is 6.08 Å². The van der Waals surface area contributed by atoms with Crippen LogP contribution in [0.4, 0.5) is 4.39 Å². The number of aliphatic carboxylic acids is 1. The monoisotopic (exact) mass is 268 g/mol. The number of carbonyl (C=O) groups is 1. The van der Waals surface area contributed by atoms with Crippen molar-refractivity contribution in [2.75, 3.05) is 0 Å². The summed E-state index contributed by atoms with van der Waals surface area (Å²) in [5.74, 6) is -1.04. The highest BCUT2D eigenvalue weighted by molar-refractivity contribution is 7.80. The first kappa shape index (κ1) is 14.8. The van der Waals surface area contributed by atoms with Gasteiger partial charge in [-0.25, -0.2) is 9.18 Å². The molecule has 1 aromatic carbocycles. The van der Waals surface area contributed by atoms with Crippen LogP contribution < -0.4 is 0 Å². The van der Waals surface area contributed by atoms with Crippen LogP contribution in [0.1, 0.15) is 37.8 Å². The van der Waals surface area contributed by atoms with E-state index in [1.54, 1.807) is 32.0 Å². The Labute approximate surface area is 112 Å². The molecular weight excluding hydrogens is 251 g/mol. The number of hydrogen-bond acceptors (Lipinski definition) is 2. The van der Waals surface area contributed by atoms with Gasteiger partial charge < -0.3 is 5.11 Å². The van der Waals surface area contributed by atoms with Crippen LogP contribution in [0.3, 0.4) is 0 Å². The third kappa shape index (κ3) is 3.35. The smallest absolute Gasteiger partial charge is 0.328 e. The Hall–Kier alpha value is -1.29. The molecule has 18 heavy (non-hydrogen) atoms. The third-order valence-corrected chi connectivity index (χ3v) is 3.48. The fraction of sp³-hybridized carbons (Fsp3) is 0.357. The molecule has 0 saturated heterocycles. The first-order chi connectivity index (χ1) is 8.42. The molecule has 0 heterocycles. The van der Waals surface area contributed by atoms with Gasteiger partial charge in [0.1, 0.15) is 5.67 Å². The Kier molecular flexibility index (Phi) is 4.96. The fourth-order valence-electron chi connectivity index (χ4n) is 1.79. The molecule has 0 saturated carbocycles. The van der Waals surface area contributed by atoms with E-state index in [0.717, 1.165) is 6.08 Å². The average Bonchev–Trinajstić information content (AvgIpc) is 2.36. The molecule has 1 N–H and O–H groups in total. The molecule has 0 unspecified atom stereocenters. The SMILES string of the molecule is CCC(F)(CC)c1ccc(S)c(/C=C/C(=O)O)c1. The summed E-state index contributed by atoms with van der Waals surface area (Å²) in [7, 11) is 0. The Bertz CT molecular complexity index is 465. The maximum Gasteiger partial charge on any atom is 0.328 e. The Morgan fingerprint density at radius 1 is 1.44 bits per heavy atom. The molecule has 0 aliphatic carbocycles. The van der Waals surface area contributed by atoms with E-state index >= 15 is 0 Å². The second-order valence-electron chi connectivity index (χ2n) is 4.12. The molecule has 0 radical (unpaired) electrons. The van der Waals surface area contributed by atoms with Gasteiger partial charge in [-0.15, -0.1) is 12.6 Å². The standard InChI is InChI=1S/C14H17FO2S/c1-3-14(15,4-2)11-6-7-12(18)10(9-11)5-8-13(16)17/h5-9,18H,3-4H2,1-2H3,(H,16,17)/b8-5+. The Morgan fingerprint density at radius 2 is 2.06 bits per heavy atom. The van der Waals surface area contributed by atoms with E-state index in [4.69, 9.17) is 5.11 Å². The number of benzene rings is 1. The van der Waals surface area contributed by atoms with Crippen LogP contribution in [0.5, 0.6) is 0 Å². The summed E-state index contributed by atoms with van der Waals surface area (Å²) < 4.78 is 14.5. The molecule has 2 nitrogen and oxygen atoms in total. The van der Waals surface area contributed by atoms with Gasteiger partial charge in [0.2, 0.25) is 0 Å². The van der Waals surface area contributed by atoms with Gasteiger partial charge in [0.15, 0.2) is 0 Å². The molecule has 0 aromatic heterocycles. The van der Waals surface area contributed by atoms with Gasteiger partial charge in [-0.2, -0.15) is 0 Å². The van der Waals surface area contributed by atoms with E-state index in [-0.39, 0.29) is 0 Å². The van der Waals surface area contributed by atoms with Gasteiger partial charge in [-0.1, -0.05) is 19.9 Å². The number of halogens is 1. The third-order valence-electron chi connectivity index (χ3n) is 3.07. The number of hydrogen-bond donors (Lipinski definition) is 2. The Balaban J connectivity index is 3.19. The number of carboxylic acids is 1. The predicted octanol–water partition coefficient (Wildman–Crippen LogP) is 4.06. The van der Waals surface area contributed by atoms with Crippen molar-refractivity contribution in [2.45, 2.75) is 37.3 Å². The lowest BCUT2D eigenvalue weighted by atomic mass is 9.89. The lowest BCUT2D eigenvalue weighted by Gasteiger charge is -2.23. The first-order valence-electron chi connectivity index (χ1n) is 5.86. The first-order valence-corrected chi connectivity index (χ1v) is 6.31. The maximum atomic E-state index is 14.5. The van der Waals surface area contributed by atoms with Crippen molar-refractivity contribution >= 4 is 24.7 Å². The van der Waals surface area contributed by atoms with Gasteiger partial charge in [0, 0.05) is 11.0 Å². The molecule has 0 fully saturated rings. The van der Waals surface area contributed by atoms with Crippen LogP contribution in [0, 0.1) is 0 Å². The minimum absolute atomic E-state index is 0.386. The van der Waals surface area contributed by atoms with Gasteiger partial charge in [0.05, 0.1) is 0 Å². The zero-order valence-electron chi connectivity index (χ0n) is 10.5. The molecule has 1 aromatic rings. The second kappa shape index (κ2) is 6.05. The molecule has 0 atom stereocenters. The highest BCUT2D eigenvalue weighted by atomic mass is 32.1. The van der Waals surface area contributed by atoms with E-state index < -0.39 is 11.6 Å². The van der Waals surface area contributed by atoms with Crippen LogP contribution in [0.2, 0.25) is 0 Å². The van der Waals surface area contributed by atoms with Crippen LogP contribution in [0.15, 0.2) is 29.2 Å². The lowest BCUT2D eigenvalue weighted by molar-refractivity contribution is -0.131. The van der Waals surface area contributed by atoms with Gasteiger partial charge >= 0.3 is 5.97 Å². The highest BCUT2D eigenvalue weighted by Gasteiger charge is 2.27. The van der Waals surface area contributed by atoms with Gasteiger partial charge in [0.25, 0.3) is 0 Å². The van der Waals surface area contributed by atoms with Crippen molar-refractivity contribution in [3.63, 3.8) is 0 Å². The van der Waals surface area contributed by atoms with E-state index in [9.17, 15) is 9.18 Å². The summed E-state index contributed by atoms with van der Waals surface area (Å²) >= 11 is 4.24. The summed E-state index contributed by atoms with van der Waals surface area (Å²) in [6.07, 6.45) is 3.23. The number of thiol groups is 1. The average molecular weight is 268 g/mol. The fourth-order valence-corrected chi connectivity index (χ4v) is 2.00. The topological polar surface area (TPSA) is 37.3 Å². The number of rotatable bonds is 5. The minimum Gasteiger partial charge on any atom is -0.478 e. The maximum absolute atomic E-state index is 14.5. The highest BCUT2D eigenvalue weighted by Crippen LogP contribution is 2.34. The van der Waals surface area contributed by atoms with Crippen molar-refractivity contribution < 1.29 is 14.3 Å². The second-order valence-corrected chi connectivity index (χ2v) is 4.60. The quantitative estimate of drug-likeness (QED) is 0.624. The summed E-state index contributed by atoms with van der Waals surface area (Å²) in [5, 5.41) is 8.60. The van der Waals surface area contributed by atoms with Crippen LogP contribution in [-0.4, -0.2) is 11.1 Å². The minimum atomic E-state index is -1.37. The molecule has 0 bridgehead atoms. The summed E-state index contributed by atoms with van der Waals surface area (Å²) in [6, 6.07) is 5.06. The zero-order chi connectivity index (χ0) is 13.8. The van der Waals surface area contributed by atoms with E-state index in [1.165, 1.54) is 6.08 Å². The van der Waals surface area contributed by atoms with Crippen molar-refractivity contribution in [3.8, 4) is 0 Å². The Morgan fingerprint density at radius 3 is 2.56 bits per heavy atom. The number of carboxylic acid groups (broad SMARTS) is 1. The van der Waals surface area contributed by atoms with Crippen LogP contribution in [-0.2, 0) is 10.5 Å². The summed E-state index contributed by atoms with van der Waals surface area (Å²) in [6.45, 7) is 3.59. The molecule has 0 amide bonds. The van der Waals surface area contributed by atoms with E-state index in [0.29, 0.717) is 28.9 Å². The summed E-state index contributed by atoms with van der Waals surface area (Å²) in [4.78, 5) is 11.1.